The molecule has 0 bridgehead atoms. The third-order valence-corrected chi connectivity index (χ3v) is 7.03. The Labute approximate surface area is 153 Å². The number of ether oxygens (including phenoxy) is 2. The molecule has 1 saturated carbocycles. The number of hydrogen-bond donors (Lipinski definition) is 0. The molecule has 0 saturated heterocycles. The Morgan fingerprint density at radius 3 is 2.88 bits per heavy atom. The second-order valence-electron chi connectivity index (χ2n) is 7.95. The van der Waals surface area contributed by atoms with Crippen LogP contribution in [0.25, 0.3) is 11.0 Å². The standard InChI is InChI=1S/C18H27BrN2O2Si/c1-22-11-13-9-14(13)15-10-21(12-23-7-8-24(2,3)4)18-17(15)16(19)5-6-20-18/h5-6,10,13-14H,7-9,11-12H2,1-4H3. The first-order valence-corrected chi connectivity index (χ1v) is 13.1. The number of methoxy groups -OCH3 is 1. The molecule has 24 heavy (non-hydrogen) atoms. The van der Waals surface area contributed by atoms with Crippen molar-refractivity contribution in [2.24, 2.45) is 5.92 Å². The van der Waals surface area contributed by atoms with Crippen molar-refractivity contribution in [2.45, 2.75) is 44.8 Å². The van der Waals surface area contributed by atoms with Crippen LogP contribution in [-0.2, 0) is 16.2 Å². The van der Waals surface area contributed by atoms with Crippen LogP contribution < -0.4 is 0 Å². The minimum atomic E-state index is -1.05. The second kappa shape index (κ2) is 7.28. The molecule has 1 aliphatic rings. The monoisotopic (exact) mass is 410 g/mol. The topological polar surface area (TPSA) is 36.3 Å². The first-order chi connectivity index (χ1) is 11.4. The van der Waals surface area contributed by atoms with Gasteiger partial charge in [0.25, 0.3) is 0 Å². The van der Waals surface area contributed by atoms with Crippen LogP contribution in [0.4, 0.5) is 0 Å². The predicted octanol–water partition coefficient (Wildman–Crippen LogP) is 4.86. The summed E-state index contributed by atoms with van der Waals surface area (Å²) in [5, 5.41) is 1.23. The molecule has 2 atom stereocenters. The summed E-state index contributed by atoms with van der Waals surface area (Å²) in [7, 11) is 0.730. The molecule has 1 fully saturated rings. The number of fused-ring (bicyclic) bond motifs is 1. The molecule has 2 heterocycles. The molecule has 0 aromatic carbocycles. The highest BCUT2D eigenvalue weighted by atomic mass is 79.9. The second-order valence-corrected chi connectivity index (χ2v) is 14.4. The third kappa shape index (κ3) is 4.10. The fourth-order valence-corrected chi connectivity index (χ4v) is 4.44. The molecule has 132 valence electrons. The smallest absolute Gasteiger partial charge is 0.143 e. The van der Waals surface area contributed by atoms with Crippen molar-refractivity contribution in [1.82, 2.24) is 9.55 Å². The first-order valence-electron chi connectivity index (χ1n) is 8.60. The van der Waals surface area contributed by atoms with Crippen molar-refractivity contribution in [1.29, 1.82) is 0 Å². The zero-order valence-electron chi connectivity index (χ0n) is 15.0. The summed E-state index contributed by atoms with van der Waals surface area (Å²) >= 11 is 3.70. The quantitative estimate of drug-likeness (QED) is 0.460. The molecule has 2 unspecified atom stereocenters. The molecule has 0 N–H and O–H groups in total. The van der Waals surface area contributed by atoms with Crippen LogP contribution in [0.15, 0.2) is 22.9 Å². The number of hydrogen-bond acceptors (Lipinski definition) is 3. The Hall–Kier alpha value is -0.693. The Bertz CT molecular complexity index is 711. The maximum atomic E-state index is 5.95. The summed E-state index contributed by atoms with van der Waals surface area (Å²) in [6.07, 6.45) is 5.29. The van der Waals surface area contributed by atoms with Crippen LogP contribution in [0.1, 0.15) is 17.9 Å². The zero-order chi connectivity index (χ0) is 17.3. The Morgan fingerprint density at radius 2 is 2.17 bits per heavy atom. The lowest BCUT2D eigenvalue weighted by atomic mass is 10.1. The predicted molar refractivity (Wildman–Crippen MR) is 104 cm³/mol. The van der Waals surface area contributed by atoms with E-state index in [2.05, 4.69) is 51.3 Å². The Morgan fingerprint density at radius 1 is 1.38 bits per heavy atom. The summed E-state index contributed by atoms with van der Waals surface area (Å²) in [6.45, 7) is 9.37. The van der Waals surface area contributed by atoms with E-state index in [1.54, 1.807) is 7.11 Å². The normalized spacial score (nSPS) is 20.7. The van der Waals surface area contributed by atoms with Gasteiger partial charge in [-0.25, -0.2) is 4.98 Å². The molecular weight excluding hydrogens is 384 g/mol. The highest BCUT2D eigenvalue weighted by Crippen LogP contribution is 2.50. The Balaban J connectivity index is 1.78. The highest BCUT2D eigenvalue weighted by Gasteiger charge is 2.40. The molecular formula is C18H27BrN2O2Si. The molecule has 3 rings (SSSR count). The van der Waals surface area contributed by atoms with Crippen molar-refractivity contribution < 1.29 is 9.47 Å². The molecule has 0 aliphatic heterocycles. The molecule has 4 nitrogen and oxygen atoms in total. The average Bonchev–Trinajstić information content (AvgIpc) is 3.16. The Kier molecular flexibility index (Phi) is 5.49. The van der Waals surface area contributed by atoms with Crippen molar-refractivity contribution in [3.8, 4) is 0 Å². The molecule has 0 spiro atoms. The van der Waals surface area contributed by atoms with Gasteiger partial charge in [0, 0.05) is 50.7 Å². The van der Waals surface area contributed by atoms with Gasteiger partial charge >= 0.3 is 0 Å². The summed E-state index contributed by atoms with van der Waals surface area (Å²) in [4.78, 5) is 4.60. The minimum absolute atomic E-state index is 0.575. The number of nitrogens with zero attached hydrogens (tertiary/aromatic N) is 2. The van der Waals surface area contributed by atoms with Crippen molar-refractivity contribution in [2.75, 3.05) is 20.3 Å². The fourth-order valence-electron chi connectivity index (χ4n) is 3.15. The molecule has 0 radical (unpaired) electrons. The van der Waals surface area contributed by atoms with Gasteiger partial charge in [0.2, 0.25) is 0 Å². The minimum Gasteiger partial charge on any atom is -0.384 e. The van der Waals surface area contributed by atoms with Crippen LogP contribution in [0, 0.1) is 5.92 Å². The van der Waals surface area contributed by atoms with Gasteiger partial charge in [-0.15, -0.1) is 0 Å². The van der Waals surface area contributed by atoms with Gasteiger partial charge in [0.15, 0.2) is 0 Å². The number of halogens is 1. The van der Waals surface area contributed by atoms with Gasteiger partial charge in [-0.05, 0) is 51.9 Å². The molecule has 6 heteroatoms. The van der Waals surface area contributed by atoms with E-state index in [9.17, 15) is 0 Å². The van der Waals surface area contributed by atoms with Crippen LogP contribution in [-0.4, -0.2) is 37.9 Å². The number of pyridine rings is 1. The van der Waals surface area contributed by atoms with E-state index in [-0.39, 0.29) is 0 Å². The summed E-state index contributed by atoms with van der Waals surface area (Å²) < 4.78 is 14.5. The van der Waals surface area contributed by atoms with Crippen LogP contribution >= 0.6 is 15.9 Å². The van der Waals surface area contributed by atoms with E-state index < -0.39 is 8.07 Å². The lowest BCUT2D eigenvalue weighted by Gasteiger charge is -2.15. The third-order valence-electron chi connectivity index (χ3n) is 4.67. The maximum Gasteiger partial charge on any atom is 0.143 e. The van der Waals surface area contributed by atoms with Crippen molar-refractivity contribution in [3.63, 3.8) is 0 Å². The summed E-state index contributed by atoms with van der Waals surface area (Å²) in [5.74, 6) is 1.21. The van der Waals surface area contributed by atoms with E-state index in [1.165, 1.54) is 23.4 Å². The van der Waals surface area contributed by atoms with Gasteiger partial charge in [-0.2, -0.15) is 0 Å². The summed E-state index contributed by atoms with van der Waals surface area (Å²) in [6, 6.07) is 3.21. The molecule has 0 amide bonds. The van der Waals surface area contributed by atoms with E-state index in [1.807, 2.05) is 12.3 Å². The van der Waals surface area contributed by atoms with E-state index in [4.69, 9.17) is 9.47 Å². The van der Waals surface area contributed by atoms with E-state index in [0.717, 1.165) is 23.3 Å². The van der Waals surface area contributed by atoms with Gasteiger partial charge in [-0.3, -0.25) is 0 Å². The highest BCUT2D eigenvalue weighted by molar-refractivity contribution is 9.10. The number of aromatic nitrogens is 2. The van der Waals surface area contributed by atoms with Gasteiger partial charge in [0.05, 0.1) is 0 Å². The first kappa shape index (κ1) is 18.1. The summed E-state index contributed by atoms with van der Waals surface area (Å²) in [5.41, 5.74) is 2.39. The van der Waals surface area contributed by atoms with Gasteiger partial charge in [-0.1, -0.05) is 19.6 Å². The van der Waals surface area contributed by atoms with Crippen LogP contribution in [0.3, 0.4) is 0 Å². The molecule has 2 aromatic heterocycles. The van der Waals surface area contributed by atoms with Crippen LogP contribution in [0.2, 0.25) is 25.7 Å². The largest absolute Gasteiger partial charge is 0.384 e. The van der Waals surface area contributed by atoms with Crippen molar-refractivity contribution >= 4 is 35.0 Å². The lowest BCUT2D eigenvalue weighted by Crippen LogP contribution is -2.22. The lowest BCUT2D eigenvalue weighted by molar-refractivity contribution is 0.0898. The zero-order valence-corrected chi connectivity index (χ0v) is 17.6. The van der Waals surface area contributed by atoms with Gasteiger partial charge in [0.1, 0.15) is 12.4 Å². The average molecular weight is 411 g/mol. The van der Waals surface area contributed by atoms with Crippen molar-refractivity contribution in [3.05, 3.63) is 28.5 Å². The van der Waals surface area contributed by atoms with E-state index >= 15 is 0 Å². The maximum absolute atomic E-state index is 5.95. The van der Waals surface area contributed by atoms with Crippen LogP contribution in [0.5, 0.6) is 0 Å². The number of rotatable bonds is 8. The van der Waals surface area contributed by atoms with E-state index in [0.29, 0.717) is 18.6 Å². The molecule has 2 aromatic rings. The van der Waals surface area contributed by atoms with Gasteiger partial charge < -0.3 is 14.0 Å². The fraction of sp³-hybridized carbons (Fsp3) is 0.611. The SMILES string of the molecule is COCC1CC1c1cn(COCC[Si](C)(C)C)c2nccc(Br)c12. The molecule has 1 aliphatic carbocycles.